The molecule has 85 heavy (non-hydrogen) atoms. The minimum Gasteiger partial charge on any atom is -0.491 e. The van der Waals surface area contributed by atoms with Gasteiger partial charge in [-0.2, -0.15) is 9.78 Å². The molecule has 6 aromatic rings. The lowest BCUT2D eigenvalue weighted by Gasteiger charge is -2.30. The van der Waals surface area contributed by atoms with Crippen LogP contribution in [0.5, 0.6) is 46.0 Å². The van der Waals surface area contributed by atoms with Crippen LogP contribution < -0.4 is 38.2 Å². The summed E-state index contributed by atoms with van der Waals surface area (Å²) in [7, 11) is 0. The smallest absolute Gasteiger partial charge is 0.336 e. The lowest BCUT2D eigenvalue weighted by atomic mass is 9.72. The van der Waals surface area contributed by atoms with Crippen molar-refractivity contribution in [2.24, 2.45) is 0 Å². The number of ether oxygens (including phenoxy) is 10. The second kappa shape index (κ2) is 25.2. The molecule has 4 fully saturated rings. The van der Waals surface area contributed by atoms with E-state index in [0.29, 0.717) is 75.5 Å². The normalized spacial score (nSPS) is 21.7. The van der Waals surface area contributed by atoms with Crippen LogP contribution in [0.4, 0.5) is 0 Å². The molecule has 16 nitrogen and oxygen atoms in total. The molecule has 0 aromatic heterocycles. The average Bonchev–Trinajstić information content (AvgIpc) is 1.59. The highest BCUT2D eigenvalue weighted by Crippen LogP contribution is 2.65. The van der Waals surface area contributed by atoms with Crippen molar-refractivity contribution in [1.82, 2.24) is 0 Å². The van der Waals surface area contributed by atoms with Gasteiger partial charge in [0.2, 0.25) is 11.5 Å². The largest absolute Gasteiger partial charge is 0.491 e. The molecule has 2 aliphatic carbocycles. The Balaban J connectivity index is 0.817. The summed E-state index contributed by atoms with van der Waals surface area (Å²) >= 11 is 0. The first-order chi connectivity index (χ1) is 41.3. The SMILES string of the molecule is CC1(C)CC2(CC(C)(C)c3cc(OC(=O)/C=C/c4ccc(OCC5CO5)cc4)c(OC(=O)/C=C/c4ccc(OCC5CO5)cc4)cc32)c2cc(OOC/C=C\c3ccc(OCC4CO4)cc3)c(OOC/C=C/c3ccc(OCC4CO4)cc3)cc21. The van der Waals surface area contributed by atoms with E-state index in [4.69, 9.17) is 66.9 Å². The Morgan fingerprint density at radius 2 is 0.718 bits per heavy atom. The molecule has 16 heteroatoms. The van der Waals surface area contributed by atoms with E-state index in [9.17, 15) is 9.59 Å². The van der Waals surface area contributed by atoms with Gasteiger partial charge in [-0.25, -0.2) is 9.59 Å². The quantitative estimate of drug-likeness (QED) is 0.00861. The fourth-order valence-electron chi connectivity index (χ4n) is 11.0. The average molecular weight is 1150 g/mol. The Bertz CT molecular complexity index is 3460. The molecule has 6 aromatic carbocycles. The fraction of sp³-hybridized carbons (Fsp3) is 0.333. The maximum atomic E-state index is 14.0. The first-order valence-corrected chi connectivity index (χ1v) is 28.8. The molecule has 5 atom stereocenters. The Morgan fingerprint density at radius 3 is 1.05 bits per heavy atom. The molecular formula is C69H68O16. The third kappa shape index (κ3) is 15.0. The number of carbonyl (C=O) groups excluding carboxylic acids is 2. The topological polar surface area (TPSA) is 177 Å². The molecule has 5 unspecified atom stereocenters. The summed E-state index contributed by atoms with van der Waals surface area (Å²) in [4.78, 5) is 51.9. The van der Waals surface area contributed by atoms with Gasteiger partial charge in [-0.15, -0.1) is 0 Å². The second-order valence-corrected chi connectivity index (χ2v) is 23.3. The predicted molar refractivity (Wildman–Crippen MR) is 316 cm³/mol. The molecule has 0 radical (unpaired) electrons. The molecule has 1 spiro atoms. The third-order valence-corrected chi connectivity index (χ3v) is 15.5. The lowest BCUT2D eigenvalue weighted by molar-refractivity contribution is -0.218. The maximum Gasteiger partial charge on any atom is 0.336 e. The highest BCUT2D eigenvalue weighted by molar-refractivity contribution is 5.91. The van der Waals surface area contributed by atoms with Gasteiger partial charge in [-0.3, -0.25) is 0 Å². The molecular weight excluding hydrogens is 1080 g/mol. The second-order valence-electron chi connectivity index (χ2n) is 23.3. The molecule has 12 rings (SSSR count). The third-order valence-electron chi connectivity index (χ3n) is 15.5. The van der Waals surface area contributed by atoms with Crippen molar-refractivity contribution in [3.05, 3.63) is 190 Å². The van der Waals surface area contributed by atoms with Gasteiger partial charge in [0.25, 0.3) is 0 Å². The van der Waals surface area contributed by atoms with Crippen LogP contribution in [0.15, 0.2) is 146 Å². The van der Waals surface area contributed by atoms with Crippen LogP contribution in [0.1, 0.15) is 85.0 Å². The zero-order valence-corrected chi connectivity index (χ0v) is 48.0. The van der Waals surface area contributed by atoms with Crippen molar-refractivity contribution in [2.75, 3.05) is 66.1 Å². The first kappa shape index (κ1) is 57.2. The van der Waals surface area contributed by atoms with Gasteiger partial charge in [0, 0.05) is 17.6 Å². The number of benzene rings is 6. The number of rotatable bonds is 28. The summed E-state index contributed by atoms with van der Waals surface area (Å²) in [5.41, 5.74) is 5.77. The Hall–Kier alpha value is -8.22. The van der Waals surface area contributed by atoms with Gasteiger partial charge in [-0.1, -0.05) is 101 Å². The molecule has 6 aliphatic rings. The van der Waals surface area contributed by atoms with Crippen molar-refractivity contribution in [3.8, 4) is 46.0 Å². The molecule has 0 bridgehead atoms. The molecule has 440 valence electrons. The van der Waals surface area contributed by atoms with Gasteiger partial charge in [0.15, 0.2) is 11.5 Å². The van der Waals surface area contributed by atoms with Crippen LogP contribution in [0, 0.1) is 0 Å². The van der Waals surface area contributed by atoms with Crippen molar-refractivity contribution in [3.63, 3.8) is 0 Å². The van der Waals surface area contributed by atoms with Gasteiger partial charge in [0.05, 0.1) is 26.4 Å². The van der Waals surface area contributed by atoms with Gasteiger partial charge < -0.3 is 57.1 Å². The van der Waals surface area contributed by atoms with Gasteiger partial charge >= 0.3 is 11.9 Å². The summed E-state index contributed by atoms with van der Waals surface area (Å²) in [6.07, 6.45) is 15.5. The van der Waals surface area contributed by atoms with Crippen molar-refractivity contribution < 1.29 is 76.5 Å². The number of esters is 2. The Kier molecular flexibility index (Phi) is 16.9. The predicted octanol–water partition coefficient (Wildman–Crippen LogP) is 11.7. The standard InChI is InChI=1S/C69H68O16/c1-67(2)43-69(59-33-62(83-66(71)28-18-48-15-25-52(26-16-48)75-38-56-42-79-56)61(31-57(59)67)82-65(70)27-17-47-13-23-51(24-14-47)74-37-55-41-78-55)44-68(3,4)58-32-63(84-80-29-5-7-45-9-19-49(20-10-45)72-35-53-39-76-53)64(34-60(58)69)85-81-30-6-8-46-11-21-50(22-12-46)73-36-54-40-77-54/h5-28,31-34,53-56H,29-30,35-44H2,1-4H3/b7-5+,8-6-,27-17+,28-18+. The molecule has 4 heterocycles. The molecule has 4 aliphatic heterocycles. The van der Waals surface area contributed by atoms with Crippen LogP contribution in [-0.4, -0.2) is 102 Å². The summed E-state index contributed by atoms with van der Waals surface area (Å²) < 4.78 is 56.6. The first-order valence-electron chi connectivity index (χ1n) is 28.8. The maximum absolute atomic E-state index is 14.0. The van der Waals surface area contributed by atoms with Crippen LogP contribution >= 0.6 is 0 Å². The minimum atomic E-state index is -0.667. The number of carbonyl (C=O) groups is 2. The minimum absolute atomic E-state index is 0.0849. The van der Waals surface area contributed by atoms with Crippen molar-refractivity contribution >= 4 is 36.2 Å². The molecule has 4 saturated heterocycles. The van der Waals surface area contributed by atoms with Gasteiger partial charge in [0.1, 0.15) is 87.1 Å². The summed E-state index contributed by atoms with van der Waals surface area (Å²) in [6.45, 7) is 13.9. The number of fused-ring (bicyclic) bond motifs is 4. The molecule has 0 N–H and O–H groups in total. The van der Waals surface area contributed by atoms with Crippen LogP contribution in [0.2, 0.25) is 0 Å². The van der Waals surface area contributed by atoms with E-state index in [1.54, 1.807) is 12.2 Å². The van der Waals surface area contributed by atoms with Gasteiger partial charge in [-0.05, 0) is 153 Å². The van der Waals surface area contributed by atoms with Crippen LogP contribution in [0.25, 0.3) is 24.3 Å². The van der Waals surface area contributed by atoms with E-state index in [1.165, 1.54) is 12.2 Å². The van der Waals surface area contributed by atoms with Crippen molar-refractivity contribution in [2.45, 2.75) is 81.2 Å². The van der Waals surface area contributed by atoms with E-state index < -0.39 is 28.2 Å². The number of hydrogen-bond donors (Lipinski definition) is 0. The summed E-state index contributed by atoms with van der Waals surface area (Å²) in [5, 5.41) is 0. The number of epoxide rings is 4. The zero-order chi connectivity index (χ0) is 58.4. The Labute approximate surface area is 494 Å². The van der Waals surface area contributed by atoms with Crippen LogP contribution in [-0.2, 0) is 54.6 Å². The Morgan fingerprint density at radius 1 is 0.424 bits per heavy atom. The zero-order valence-electron chi connectivity index (χ0n) is 48.0. The summed E-state index contributed by atoms with van der Waals surface area (Å²) in [5.74, 6) is 2.43. The highest BCUT2D eigenvalue weighted by Gasteiger charge is 2.57. The fourth-order valence-corrected chi connectivity index (χ4v) is 11.0. The summed E-state index contributed by atoms with van der Waals surface area (Å²) in [6, 6.07) is 38.0. The monoisotopic (exact) mass is 1150 g/mol. The number of hydrogen-bond acceptors (Lipinski definition) is 16. The van der Waals surface area contributed by atoms with E-state index in [1.807, 2.05) is 146 Å². The highest BCUT2D eigenvalue weighted by atomic mass is 17.2. The van der Waals surface area contributed by atoms with E-state index in [2.05, 4.69) is 27.7 Å². The van der Waals surface area contributed by atoms with Crippen molar-refractivity contribution in [1.29, 1.82) is 0 Å². The molecule has 0 saturated carbocycles. The van der Waals surface area contributed by atoms with E-state index in [-0.39, 0.29) is 49.1 Å². The lowest BCUT2D eigenvalue weighted by Crippen LogP contribution is -2.27. The van der Waals surface area contributed by atoms with E-state index >= 15 is 0 Å². The van der Waals surface area contributed by atoms with E-state index in [0.717, 1.165) is 69.2 Å². The van der Waals surface area contributed by atoms with Crippen LogP contribution in [0.3, 0.4) is 0 Å². The molecule has 0 amide bonds.